The van der Waals surface area contributed by atoms with Crippen LogP contribution in [0.1, 0.15) is 38.5 Å². The molecule has 17 heavy (non-hydrogen) atoms. The second kappa shape index (κ2) is 6.15. The molecule has 1 N–H and O–H groups in total. The number of anilines is 1. The Balaban J connectivity index is 1.86. The summed E-state index contributed by atoms with van der Waals surface area (Å²) < 4.78 is 0.831. The van der Waals surface area contributed by atoms with Crippen LogP contribution in [-0.2, 0) is 4.79 Å². The number of hydrogen-bond donors (Lipinski definition) is 1. The van der Waals surface area contributed by atoms with Gasteiger partial charge in [-0.1, -0.05) is 19.3 Å². The number of carbonyl (C=O) groups is 1. The van der Waals surface area contributed by atoms with Crippen molar-refractivity contribution < 1.29 is 4.79 Å². The van der Waals surface area contributed by atoms with Gasteiger partial charge in [0.1, 0.15) is 0 Å². The third-order valence-electron chi connectivity index (χ3n) is 3.25. The topological polar surface area (TPSA) is 42.0 Å². The zero-order valence-electron chi connectivity index (χ0n) is 9.79. The Morgan fingerprint density at radius 2 is 2.18 bits per heavy atom. The lowest BCUT2D eigenvalue weighted by atomic mass is 9.87. The quantitative estimate of drug-likeness (QED) is 0.923. The number of rotatable bonds is 3. The highest BCUT2D eigenvalue weighted by atomic mass is 79.9. The first kappa shape index (κ1) is 12.6. The summed E-state index contributed by atoms with van der Waals surface area (Å²) >= 11 is 3.37. The number of halogens is 1. The van der Waals surface area contributed by atoms with Gasteiger partial charge in [0, 0.05) is 18.8 Å². The molecule has 0 aliphatic heterocycles. The zero-order valence-corrected chi connectivity index (χ0v) is 11.4. The number of nitrogens with one attached hydrogen (secondary N) is 1. The predicted octanol–water partition coefficient (Wildman–Crippen LogP) is 3.75. The number of nitrogens with zero attached hydrogens (tertiary/aromatic N) is 1. The Morgan fingerprint density at radius 1 is 1.41 bits per heavy atom. The molecule has 0 unspecified atom stereocenters. The summed E-state index contributed by atoms with van der Waals surface area (Å²) in [5.41, 5.74) is 0.806. The summed E-state index contributed by atoms with van der Waals surface area (Å²) in [4.78, 5) is 15.9. The third-order valence-corrected chi connectivity index (χ3v) is 3.88. The second-order valence-electron chi connectivity index (χ2n) is 4.61. The highest BCUT2D eigenvalue weighted by Crippen LogP contribution is 2.27. The molecule has 3 nitrogen and oxygen atoms in total. The van der Waals surface area contributed by atoms with E-state index in [0.29, 0.717) is 12.3 Å². The molecule has 1 heterocycles. The summed E-state index contributed by atoms with van der Waals surface area (Å²) in [6.07, 6.45) is 10.3. The normalized spacial score (nSPS) is 16.8. The van der Waals surface area contributed by atoms with Crippen molar-refractivity contribution in [1.82, 2.24) is 4.98 Å². The molecular weight excluding hydrogens is 280 g/mol. The zero-order chi connectivity index (χ0) is 12.1. The van der Waals surface area contributed by atoms with Crippen LogP contribution in [0.2, 0.25) is 0 Å². The van der Waals surface area contributed by atoms with Crippen molar-refractivity contribution in [2.45, 2.75) is 38.5 Å². The molecule has 0 radical (unpaired) electrons. The maximum Gasteiger partial charge on any atom is 0.224 e. The van der Waals surface area contributed by atoms with E-state index in [-0.39, 0.29) is 5.91 Å². The molecule has 1 aliphatic rings. The van der Waals surface area contributed by atoms with Crippen molar-refractivity contribution in [3.05, 3.63) is 22.9 Å². The highest BCUT2D eigenvalue weighted by molar-refractivity contribution is 9.10. The molecule has 4 heteroatoms. The molecule has 0 aromatic carbocycles. The molecule has 0 spiro atoms. The second-order valence-corrected chi connectivity index (χ2v) is 5.47. The largest absolute Gasteiger partial charge is 0.325 e. The van der Waals surface area contributed by atoms with Crippen molar-refractivity contribution in [3.8, 4) is 0 Å². The van der Waals surface area contributed by atoms with Crippen LogP contribution in [0.4, 0.5) is 5.69 Å². The van der Waals surface area contributed by atoms with Gasteiger partial charge in [0.25, 0.3) is 0 Å². The van der Waals surface area contributed by atoms with Gasteiger partial charge in [-0.05, 0) is 40.8 Å². The van der Waals surface area contributed by atoms with E-state index in [4.69, 9.17) is 0 Å². The standard InChI is InChI=1S/C13H17BrN2O/c14-11-9-15-7-6-12(11)16-13(17)8-10-4-2-1-3-5-10/h6-7,9-10H,1-5,8H2,(H,15,16,17). The molecule has 1 aromatic rings. The molecule has 2 rings (SSSR count). The fraction of sp³-hybridized carbons (Fsp3) is 0.538. The van der Waals surface area contributed by atoms with Crippen molar-refractivity contribution in [2.75, 3.05) is 5.32 Å². The molecule has 0 bridgehead atoms. The van der Waals surface area contributed by atoms with Gasteiger partial charge in [-0.15, -0.1) is 0 Å². The lowest BCUT2D eigenvalue weighted by molar-refractivity contribution is -0.117. The first-order chi connectivity index (χ1) is 8.25. The van der Waals surface area contributed by atoms with Crippen molar-refractivity contribution in [2.24, 2.45) is 5.92 Å². The minimum absolute atomic E-state index is 0.115. The number of hydrogen-bond acceptors (Lipinski definition) is 2. The first-order valence-corrected chi connectivity index (χ1v) is 6.94. The monoisotopic (exact) mass is 296 g/mol. The molecule has 1 amide bonds. The van der Waals surface area contributed by atoms with Gasteiger partial charge in [-0.3, -0.25) is 9.78 Å². The van der Waals surface area contributed by atoms with E-state index in [9.17, 15) is 4.79 Å². The van der Waals surface area contributed by atoms with Crippen molar-refractivity contribution in [3.63, 3.8) is 0 Å². The van der Waals surface area contributed by atoms with E-state index in [2.05, 4.69) is 26.2 Å². The van der Waals surface area contributed by atoms with E-state index in [1.54, 1.807) is 12.4 Å². The minimum atomic E-state index is 0.115. The number of pyridine rings is 1. The van der Waals surface area contributed by atoms with Crippen LogP contribution in [0.3, 0.4) is 0 Å². The minimum Gasteiger partial charge on any atom is -0.325 e. The molecule has 1 fully saturated rings. The average molecular weight is 297 g/mol. The van der Waals surface area contributed by atoms with E-state index in [0.717, 1.165) is 10.2 Å². The number of carbonyl (C=O) groups excluding carboxylic acids is 1. The van der Waals surface area contributed by atoms with Gasteiger partial charge in [-0.25, -0.2) is 0 Å². The van der Waals surface area contributed by atoms with Crippen LogP contribution in [0.15, 0.2) is 22.9 Å². The Morgan fingerprint density at radius 3 is 2.88 bits per heavy atom. The van der Waals surface area contributed by atoms with Crippen LogP contribution in [-0.4, -0.2) is 10.9 Å². The number of amides is 1. The average Bonchev–Trinajstić information content (AvgIpc) is 2.33. The third kappa shape index (κ3) is 3.80. The maximum absolute atomic E-state index is 11.9. The molecule has 1 saturated carbocycles. The van der Waals surface area contributed by atoms with E-state index in [1.807, 2.05) is 6.07 Å². The first-order valence-electron chi connectivity index (χ1n) is 6.15. The smallest absolute Gasteiger partial charge is 0.224 e. The maximum atomic E-state index is 11.9. The van der Waals surface area contributed by atoms with Gasteiger partial charge in [0.2, 0.25) is 5.91 Å². The highest BCUT2D eigenvalue weighted by Gasteiger charge is 2.17. The Bertz CT molecular complexity index is 389. The molecule has 0 saturated heterocycles. The summed E-state index contributed by atoms with van der Waals surface area (Å²) in [6.45, 7) is 0. The fourth-order valence-electron chi connectivity index (χ4n) is 2.33. The Hall–Kier alpha value is -0.900. The van der Waals surface area contributed by atoms with E-state index >= 15 is 0 Å². The lowest BCUT2D eigenvalue weighted by Crippen LogP contribution is -2.18. The van der Waals surface area contributed by atoms with Gasteiger partial charge in [-0.2, -0.15) is 0 Å². The SMILES string of the molecule is O=C(CC1CCCCC1)Nc1ccncc1Br. The van der Waals surface area contributed by atoms with Gasteiger partial charge < -0.3 is 5.32 Å². The van der Waals surface area contributed by atoms with Gasteiger partial charge in [0.15, 0.2) is 0 Å². The van der Waals surface area contributed by atoms with Crippen LogP contribution in [0.25, 0.3) is 0 Å². The number of aromatic nitrogens is 1. The molecular formula is C13H17BrN2O. The van der Waals surface area contributed by atoms with Crippen LogP contribution in [0, 0.1) is 5.92 Å². The summed E-state index contributed by atoms with van der Waals surface area (Å²) in [5.74, 6) is 0.688. The summed E-state index contributed by atoms with van der Waals surface area (Å²) in [5, 5.41) is 2.93. The Kier molecular flexibility index (Phi) is 4.54. The van der Waals surface area contributed by atoms with Gasteiger partial charge in [0.05, 0.1) is 10.2 Å². The summed E-state index contributed by atoms with van der Waals surface area (Å²) in [6, 6.07) is 1.81. The molecule has 1 aliphatic carbocycles. The molecule has 92 valence electrons. The van der Waals surface area contributed by atoms with Crippen LogP contribution in [0.5, 0.6) is 0 Å². The van der Waals surface area contributed by atoms with Crippen LogP contribution >= 0.6 is 15.9 Å². The lowest BCUT2D eigenvalue weighted by Gasteiger charge is -2.20. The fourth-order valence-corrected chi connectivity index (χ4v) is 2.68. The molecule has 1 aromatic heterocycles. The van der Waals surface area contributed by atoms with E-state index in [1.165, 1.54) is 32.1 Å². The van der Waals surface area contributed by atoms with Crippen molar-refractivity contribution in [1.29, 1.82) is 0 Å². The van der Waals surface area contributed by atoms with Crippen molar-refractivity contribution >= 4 is 27.5 Å². The summed E-state index contributed by atoms with van der Waals surface area (Å²) in [7, 11) is 0. The Labute approximate surface area is 110 Å². The van der Waals surface area contributed by atoms with Gasteiger partial charge >= 0.3 is 0 Å². The predicted molar refractivity (Wildman–Crippen MR) is 71.8 cm³/mol. The van der Waals surface area contributed by atoms with Crippen LogP contribution < -0.4 is 5.32 Å². The van der Waals surface area contributed by atoms with E-state index < -0.39 is 0 Å². The molecule has 0 atom stereocenters.